The largest absolute Gasteiger partial charge is 0.377 e. The van der Waals surface area contributed by atoms with E-state index in [4.69, 9.17) is 15.0 Å². The van der Waals surface area contributed by atoms with Crippen LogP contribution >= 0.6 is 0 Å². The summed E-state index contributed by atoms with van der Waals surface area (Å²) in [5.74, 6) is 1.30. The van der Waals surface area contributed by atoms with E-state index in [0.717, 1.165) is 12.8 Å². The van der Waals surface area contributed by atoms with Crippen LogP contribution in [0.3, 0.4) is 0 Å². The van der Waals surface area contributed by atoms with Crippen molar-refractivity contribution in [2.75, 3.05) is 13.7 Å². The van der Waals surface area contributed by atoms with Crippen LogP contribution in [0.2, 0.25) is 0 Å². The van der Waals surface area contributed by atoms with Crippen LogP contribution in [0.5, 0.6) is 0 Å². The van der Waals surface area contributed by atoms with E-state index in [0.29, 0.717) is 24.9 Å². The van der Waals surface area contributed by atoms with Crippen molar-refractivity contribution in [2.45, 2.75) is 44.1 Å². The summed E-state index contributed by atoms with van der Waals surface area (Å²) in [5.41, 5.74) is 5.81. The minimum absolute atomic E-state index is 0.0861. The third-order valence-corrected chi connectivity index (χ3v) is 3.40. The van der Waals surface area contributed by atoms with Gasteiger partial charge in [0, 0.05) is 13.7 Å². The highest BCUT2D eigenvalue weighted by atomic mass is 16.5. The second-order valence-corrected chi connectivity index (χ2v) is 4.49. The highest BCUT2D eigenvalue weighted by Crippen LogP contribution is 2.37. The average molecular weight is 225 g/mol. The molecule has 0 amide bonds. The van der Waals surface area contributed by atoms with Crippen LogP contribution in [0.1, 0.15) is 43.8 Å². The molecule has 0 bridgehead atoms. The molecular formula is C11H19N3O2. The van der Waals surface area contributed by atoms with E-state index in [1.165, 1.54) is 19.3 Å². The Morgan fingerprint density at radius 3 is 2.75 bits per heavy atom. The van der Waals surface area contributed by atoms with Gasteiger partial charge in [0.2, 0.25) is 5.89 Å². The first-order chi connectivity index (χ1) is 7.80. The molecule has 1 saturated carbocycles. The van der Waals surface area contributed by atoms with Gasteiger partial charge >= 0.3 is 0 Å². The molecule has 0 atom stereocenters. The number of nitrogens with zero attached hydrogens (tertiary/aromatic N) is 2. The van der Waals surface area contributed by atoms with Gasteiger partial charge in [-0.05, 0) is 12.8 Å². The number of aromatic nitrogens is 2. The highest BCUT2D eigenvalue weighted by Gasteiger charge is 2.37. The van der Waals surface area contributed by atoms with Crippen molar-refractivity contribution in [3.63, 3.8) is 0 Å². The summed E-state index contributed by atoms with van der Waals surface area (Å²) in [6, 6.07) is 0. The van der Waals surface area contributed by atoms with Crippen LogP contribution in [-0.2, 0) is 16.8 Å². The maximum atomic E-state index is 5.89. The molecule has 1 fully saturated rings. The molecule has 0 unspecified atom stereocenters. The van der Waals surface area contributed by atoms with Crippen molar-refractivity contribution in [1.82, 2.24) is 10.1 Å². The van der Waals surface area contributed by atoms with Gasteiger partial charge in [-0.2, -0.15) is 4.98 Å². The molecule has 2 rings (SSSR count). The van der Waals surface area contributed by atoms with E-state index >= 15 is 0 Å². The first-order valence-corrected chi connectivity index (χ1v) is 5.83. The third-order valence-electron chi connectivity index (χ3n) is 3.40. The molecular weight excluding hydrogens is 206 g/mol. The number of methoxy groups -OCH3 is 1. The second kappa shape index (κ2) is 4.93. The monoisotopic (exact) mass is 225 g/mol. The van der Waals surface area contributed by atoms with Crippen LogP contribution in [-0.4, -0.2) is 23.8 Å². The third kappa shape index (κ3) is 2.10. The number of hydrogen-bond acceptors (Lipinski definition) is 5. The van der Waals surface area contributed by atoms with Crippen molar-refractivity contribution in [3.8, 4) is 0 Å². The molecule has 0 saturated heterocycles. The Labute approximate surface area is 95.3 Å². The van der Waals surface area contributed by atoms with Crippen molar-refractivity contribution < 1.29 is 9.26 Å². The fraction of sp³-hybridized carbons (Fsp3) is 0.818. The lowest BCUT2D eigenvalue weighted by atomic mass is 9.74. The Hall–Kier alpha value is -0.940. The first-order valence-electron chi connectivity index (χ1n) is 5.83. The zero-order valence-corrected chi connectivity index (χ0v) is 9.74. The zero-order valence-electron chi connectivity index (χ0n) is 9.74. The Morgan fingerprint density at radius 2 is 2.12 bits per heavy atom. The van der Waals surface area contributed by atoms with Gasteiger partial charge in [-0.15, -0.1) is 0 Å². The Balaban J connectivity index is 2.18. The van der Waals surface area contributed by atoms with Gasteiger partial charge in [0.15, 0.2) is 5.82 Å². The standard InChI is InChI=1S/C11H19N3O2/c1-15-7-9-13-10(16-14-9)11(8-12)5-3-2-4-6-11/h2-8,12H2,1H3. The van der Waals surface area contributed by atoms with Crippen molar-refractivity contribution >= 4 is 0 Å². The number of ether oxygens (including phenoxy) is 1. The van der Waals surface area contributed by atoms with Gasteiger partial charge in [0.05, 0.1) is 5.41 Å². The average Bonchev–Trinajstić information content (AvgIpc) is 2.80. The van der Waals surface area contributed by atoms with Crippen molar-refractivity contribution in [3.05, 3.63) is 11.7 Å². The molecule has 16 heavy (non-hydrogen) atoms. The van der Waals surface area contributed by atoms with Gasteiger partial charge < -0.3 is 15.0 Å². The van der Waals surface area contributed by atoms with Crippen molar-refractivity contribution in [2.24, 2.45) is 5.73 Å². The van der Waals surface area contributed by atoms with Gasteiger partial charge in [-0.1, -0.05) is 24.4 Å². The van der Waals surface area contributed by atoms with E-state index in [1.54, 1.807) is 7.11 Å². The summed E-state index contributed by atoms with van der Waals surface area (Å²) in [5, 5.41) is 3.91. The molecule has 0 spiro atoms. The lowest BCUT2D eigenvalue weighted by Gasteiger charge is -2.32. The smallest absolute Gasteiger partial charge is 0.234 e. The Morgan fingerprint density at radius 1 is 1.38 bits per heavy atom. The maximum Gasteiger partial charge on any atom is 0.234 e. The molecule has 5 nitrogen and oxygen atoms in total. The molecule has 1 aromatic heterocycles. The lowest BCUT2D eigenvalue weighted by Crippen LogP contribution is -2.37. The molecule has 0 aromatic carbocycles. The normalized spacial score (nSPS) is 19.9. The predicted octanol–water partition coefficient (Wildman–Crippen LogP) is 1.38. The molecule has 90 valence electrons. The summed E-state index contributed by atoms with van der Waals surface area (Å²) >= 11 is 0. The predicted molar refractivity (Wildman–Crippen MR) is 58.8 cm³/mol. The molecule has 1 aromatic rings. The number of nitrogens with two attached hydrogens (primary N) is 1. The fourth-order valence-corrected chi connectivity index (χ4v) is 2.39. The summed E-state index contributed by atoms with van der Waals surface area (Å²) in [4.78, 5) is 4.38. The summed E-state index contributed by atoms with van der Waals surface area (Å²) < 4.78 is 10.3. The summed E-state index contributed by atoms with van der Waals surface area (Å²) in [7, 11) is 1.62. The zero-order chi connectivity index (χ0) is 11.4. The molecule has 0 radical (unpaired) electrons. The first kappa shape index (κ1) is 11.5. The number of hydrogen-bond donors (Lipinski definition) is 1. The van der Waals surface area contributed by atoms with Gasteiger partial charge in [0.1, 0.15) is 6.61 Å². The molecule has 1 aliphatic rings. The topological polar surface area (TPSA) is 74.2 Å². The van der Waals surface area contributed by atoms with E-state index in [2.05, 4.69) is 10.1 Å². The molecule has 1 aliphatic carbocycles. The Bertz CT molecular complexity index is 332. The lowest BCUT2D eigenvalue weighted by molar-refractivity contribution is 0.174. The summed E-state index contributed by atoms with van der Waals surface area (Å²) in [6.07, 6.45) is 5.77. The molecule has 1 heterocycles. The van der Waals surface area contributed by atoms with Crippen LogP contribution < -0.4 is 5.73 Å². The van der Waals surface area contributed by atoms with E-state index in [9.17, 15) is 0 Å². The number of rotatable bonds is 4. The van der Waals surface area contributed by atoms with Gasteiger partial charge in [-0.25, -0.2) is 0 Å². The molecule has 0 aliphatic heterocycles. The van der Waals surface area contributed by atoms with Crippen LogP contribution in [0.15, 0.2) is 4.52 Å². The van der Waals surface area contributed by atoms with E-state index in [1.807, 2.05) is 0 Å². The van der Waals surface area contributed by atoms with Crippen molar-refractivity contribution in [1.29, 1.82) is 0 Å². The van der Waals surface area contributed by atoms with E-state index in [-0.39, 0.29) is 5.41 Å². The maximum absolute atomic E-state index is 5.89. The van der Waals surface area contributed by atoms with E-state index < -0.39 is 0 Å². The second-order valence-electron chi connectivity index (χ2n) is 4.49. The van der Waals surface area contributed by atoms with Gasteiger partial charge in [0.25, 0.3) is 0 Å². The fourth-order valence-electron chi connectivity index (χ4n) is 2.39. The quantitative estimate of drug-likeness (QED) is 0.837. The van der Waals surface area contributed by atoms with Crippen LogP contribution in [0.4, 0.5) is 0 Å². The van der Waals surface area contributed by atoms with Gasteiger partial charge in [-0.3, -0.25) is 0 Å². The van der Waals surface area contributed by atoms with Crippen LogP contribution in [0.25, 0.3) is 0 Å². The summed E-state index contributed by atoms with van der Waals surface area (Å²) in [6.45, 7) is 0.978. The Kier molecular flexibility index (Phi) is 3.56. The minimum atomic E-state index is -0.0861. The highest BCUT2D eigenvalue weighted by molar-refractivity contribution is 5.07. The SMILES string of the molecule is COCc1noc(C2(CN)CCCCC2)n1. The molecule has 5 heteroatoms. The van der Waals surface area contributed by atoms with Crippen LogP contribution in [0, 0.1) is 0 Å². The molecule has 2 N–H and O–H groups in total. The minimum Gasteiger partial charge on any atom is -0.377 e.